The number of imidazole rings is 1. The Morgan fingerprint density at radius 1 is 1.39 bits per heavy atom. The fourth-order valence-corrected chi connectivity index (χ4v) is 2.46. The molecule has 3 rings (SSSR count). The first kappa shape index (κ1) is 15.4. The van der Waals surface area contributed by atoms with Crippen molar-refractivity contribution in [1.82, 2.24) is 14.9 Å². The Hall–Kier alpha value is -2.45. The SMILES string of the molecule is O=[N+]([O-])c1ccc(-c2ncc[nH]2)c(OCCN2CCOCC2)c1. The van der Waals surface area contributed by atoms with Gasteiger partial charge in [-0.05, 0) is 6.07 Å². The van der Waals surface area contributed by atoms with E-state index in [1.807, 2.05) is 0 Å². The lowest BCUT2D eigenvalue weighted by Gasteiger charge is -2.26. The Kier molecular flexibility index (Phi) is 4.84. The number of morpholine rings is 1. The summed E-state index contributed by atoms with van der Waals surface area (Å²) < 4.78 is 11.1. The molecule has 0 bridgehead atoms. The topological polar surface area (TPSA) is 93.5 Å². The number of nitrogens with zero attached hydrogens (tertiary/aromatic N) is 3. The van der Waals surface area contributed by atoms with Gasteiger partial charge in [-0.2, -0.15) is 0 Å². The largest absolute Gasteiger partial charge is 0.491 e. The summed E-state index contributed by atoms with van der Waals surface area (Å²) in [5.41, 5.74) is 0.712. The van der Waals surface area contributed by atoms with Crippen molar-refractivity contribution in [2.24, 2.45) is 0 Å². The summed E-state index contributed by atoms with van der Waals surface area (Å²) in [5.74, 6) is 1.09. The molecule has 122 valence electrons. The zero-order valence-electron chi connectivity index (χ0n) is 12.6. The van der Waals surface area contributed by atoms with E-state index >= 15 is 0 Å². The minimum absolute atomic E-state index is 0.00155. The van der Waals surface area contributed by atoms with Gasteiger partial charge in [0.25, 0.3) is 5.69 Å². The molecule has 0 unspecified atom stereocenters. The van der Waals surface area contributed by atoms with Crippen LogP contribution in [0, 0.1) is 10.1 Å². The molecule has 0 atom stereocenters. The highest BCUT2D eigenvalue weighted by molar-refractivity contribution is 5.66. The van der Waals surface area contributed by atoms with Crippen LogP contribution in [0.5, 0.6) is 5.75 Å². The molecule has 1 aromatic heterocycles. The van der Waals surface area contributed by atoms with Gasteiger partial charge < -0.3 is 14.5 Å². The van der Waals surface area contributed by atoms with Gasteiger partial charge in [0.1, 0.15) is 18.2 Å². The predicted octanol–water partition coefficient (Wildman–Crippen LogP) is 1.70. The van der Waals surface area contributed by atoms with Crippen molar-refractivity contribution in [2.45, 2.75) is 0 Å². The molecule has 1 fully saturated rings. The smallest absolute Gasteiger partial charge is 0.273 e. The molecule has 8 heteroatoms. The Labute approximate surface area is 133 Å². The fourth-order valence-electron chi connectivity index (χ4n) is 2.46. The normalized spacial score (nSPS) is 15.5. The van der Waals surface area contributed by atoms with Gasteiger partial charge in [-0.3, -0.25) is 15.0 Å². The zero-order chi connectivity index (χ0) is 16.1. The number of nitrogens with one attached hydrogen (secondary N) is 1. The standard InChI is InChI=1S/C15H18N4O4/c20-19(21)12-1-2-13(15-16-3-4-17-15)14(11-12)23-10-7-18-5-8-22-9-6-18/h1-4,11H,5-10H2,(H,16,17). The van der Waals surface area contributed by atoms with E-state index in [0.717, 1.165) is 32.8 Å². The molecule has 0 aliphatic carbocycles. The number of ether oxygens (including phenoxy) is 2. The molecule has 8 nitrogen and oxygen atoms in total. The average Bonchev–Trinajstić information content (AvgIpc) is 3.10. The third-order valence-corrected chi connectivity index (χ3v) is 3.70. The first-order chi connectivity index (χ1) is 11.2. The summed E-state index contributed by atoms with van der Waals surface area (Å²) in [4.78, 5) is 20.0. The van der Waals surface area contributed by atoms with Gasteiger partial charge in [0, 0.05) is 38.1 Å². The van der Waals surface area contributed by atoms with Crippen molar-refractivity contribution in [3.63, 3.8) is 0 Å². The highest BCUT2D eigenvalue weighted by atomic mass is 16.6. The maximum Gasteiger partial charge on any atom is 0.273 e. The number of hydrogen-bond acceptors (Lipinski definition) is 6. The van der Waals surface area contributed by atoms with Gasteiger partial charge in [0.05, 0.1) is 29.8 Å². The third kappa shape index (κ3) is 3.85. The Morgan fingerprint density at radius 2 is 2.22 bits per heavy atom. The van der Waals surface area contributed by atoms with E-state index in [4.69, 9.17) is 9.47 Å². The number of hydrogen-bond donors (Lipinski definition) is 1. The maximum absolute atomic E-state index is 11.0. The summed E-state index contributed by atoms with van der Waals surface area (Å²) in [5, 5.41) is 11.0. The highest BCUT2D eigenvalue weighted by Crippen LogP contribution is 2.31. The monoisotopic (exact) mass is 318 g/mol. The Bertz CT molecular complexity index is 654. The van der Waals surface area contributed by atoms with Gasteiger partial charge in [0.15, 0.2) is 0 Å². The summed E-state index contributed by atoms with van der Waals surface area (Å²) >= 11 is 0. The quantitative estimate of drug-likeness (QED) is 0.643. The van der Waals surface area contributed by atoms with Crippen LogP contribution in [0.2, 0.25) is 0 Å². The Balaban J connectivity index is 1.72. The molecular weight excluding hydrogens is 300 g/mol. The minimum Gasteiger partial charge on any atom is -0.491 e. The number of benzene rings is 1. The molecule has 0 radical (unpaired) electrons. The zero-order valence-corrected chi connectivity index (χ0v) is 12.6. The van der Waals surface area contributed by atoms with Crippen molar-refractivity contribution in [3.8, 4) is 17.1 Å². The van der Waals surface area contributed by atoms with E-state index in [1.165, 1.54) is 12.1 Å². The molecule has 0 saturated carbocycles. The lowest BCUT2D eigenvalue weighted by molar-refractivity contribution is -0.384. The second kappa shape index (κ2) is 7.21. The van der Waals surface area contributed by atoms with Crippen LogP contribution in [-0.4, -0.2) is 59.2 Å². The van der Waals surface area contributed by atoms with Crippen molar-refractivity contribution >= 4 is 5.69 Å². The molecule has 0 spiro atoms. The number of aromatic nitrogens is 2. The van der Waals surface area contributed by atoms with Crippen LogP contribution >= 0.6 is 0 Å². The molecular formula is C15H18N4O4. The third-order valence-electron chi connectivity index (χ3n) is 3.70. The molecule has 0 amide bonds. The van der Waals surface area contributed by atoms with E-state index in [9.17, 15) is 10.1 Å². The second-order valence-corrected chi connectivity index (χ2v) is 5.18. The molecule has 1 aromatic carbocycles. The van der Waals surface area contributed by atoms with E-state index in [2.05, 4.69) is 14.9 Å². The molecule has 1 N–H and O–H groups in total. The number of nitro groups is 1. The maximum atomic E-state index is 11.0. The van der Waals surface area contributed by atoms with Gasteiger partial charge in [-0.25, -0.2) is 4.98 Å². The average molecular weight is 318 g/mol. The molecule has 2 aromatic rings. The summed E-state index contributed by atoms with van der Waals surface area (Å²) in [7, 11) is 0. The summed E-state index contributed by atoms with van der Waals surface area (Å²) in [6.07, 6.45) is 3.34. The van der Waals surface area contributed by atoms with Crippen LogP contribution < -0.4 is 4.74 Å². The second-order valence-electron chi connectivity index (χ2n) is 5.18. The van der Waals surface area contributed by atoms with Crippen molar-refractivity contribution in [3.05, 3.63) is 40.7 Å². The van der Waals surface area contributed by atoms with Crippen LogP contribution in [0.3, 0.4) is 0 Å². The van der Waals surface area contributed by atoms with E-state index in [1.54, 1.807) is 18.5 Å². The number of nitro benzene ring substituents is 1. The molecule has 1 aliphatic heterocycles. The van der Waals surface area contributed by atoms with E-state index in [0.29, 0.717) is 23.7 Å². The summed E-state index contributed by atoms with van der Waals surface area (Å²) in [6, 6.07) is 4.55. The lowest BCUT2D eigenvalue weighted by atomic mass is 10.1. The predicted molar refractivity (Wildman–Crippen MR) is 83.4 cm³/mol. The van der Waals surface area contributed by atoms with Crippen molar-refractivity contribution < 1.29 is 14.4 Å². The summed E-state index contributed by atoms with van der Waals surface area (Å²) in [6.45, 7) is 4.42. The van der Waals surface area contributed by atoms with Crippen LogP contribution in [0.25, 0.3) is 11.4 Å². The van der Waals surface area contributed by atoms with Gasteiger partial charge >= 0.3 is 0 Å². The van der Waals surface area contributed by atoms with Crippen LogP contribution in [0.1, 0.15) is 0 Å². The first-order valence-corrected chi connectivity index (χ1v) is 7.45. The van der Waals surface area contributed by atoms with Gasteiger partial charge in [-0.15, -0.1) is 0 Å². The van der Waals surface area contributed by atoms with Gasteiger partial charge in [-0.1, -0.05) is 0 Å². The molecule has 2 heterocycles. The number of aromatic amines is 1. The van der Waals surface area contributed by atoms with Crippen LogP contribution in [-0.2, 0) is 4.74 Å². The number of non-ortho nitro benzene ring substituents is 1. The number of H-pyrrole nitrogens is 1. The van der Waals surface area contributed by atoms with Gasteiger partial charge in [0.2, 0.25) is 0 Å². The highest BCUT2D eigenvalue weighted by Gasteiger charge is 2.16. The van der Waals surface area contributed by atoms with Crippen molar-refractivity contribution in [1.29, 1.82) is 0 Å². The Morgan fingerprint density at radius 3 is 2.91 bits per heavy atom. The van der Waals surface area contributed by atoms with Crippen LogP contribution in [0.4, 0.5) is 5.69 Å². The molecule has 1 saturated heterocycles. The number of rotatable bonds is 6. The van der Waals surface area contributed by atoms with Crippen LogP contribution in [0.15, 0.2) is 30.6 Å². The molecule has 23 heavy (non-hydrogen) atoms. The fraction of sp³-hybridized carbons (Fsp3) is 0.400. The first-order valence-electron chi connectivity index (χ1n) is 7.45. The van der Waals surface area contributed by atoms with Crippen molar-refractivity contribution in [2.75, 3.05) is 39.5 Å². The lowest BCUT2D eigenvalue weighted by Crippen LogP contribution is -2.38. The van der Waals surface area contributed by atoms with E-state index < -0.39 is 4.92 Å². The van der Waals surface area contributed by atoms with E-state index in [-0.39, 0.29) is 5.69 Å². The molecule has 1 aliphatic rings. The minimum atomic E-state index is -0.430.